The normalized spacial score (nSPS) is 30.4. The summed E-state index contributed by atoms with van der Waals surface area (Å²) in [5.74, 6) is 0.785. The molecule has 14 heavy (non-hydrogen) atoms. The molecule has 0 atom stereocenters. The van der Waals surface area contributed by atoms with Gasteiger partial charge in [-0.3, -0.25) is 0 Å². The van der Waals surface area contributed by atoms with Gasteiger partial charge < -0.3 is 10.5 Å². The van der Waals surface area contributed by atoms with Crippen molar-refractivity contribution in [3.63, 3.8) is 0 Å². The lowest BCUT2D eigenvalue weighted by molar-refractivity contribution is 0.0782. The Morgan fingerprint density at radius 2 is 1.71 bits per heavy atom. The summed E-state index contributed by atoms with van der Waals surface area (Å²) in [6.07, 6.45) is 9.79. The van der Waals surface area contributed by atoms with Gasteiger partial charge in [0, 0.05) is 19.3 Å². The molecule has 1 saturated heterocycles. The van der Waals surface area contributed by atoms with Crippen LogP contribution in [0.3, 0.4) is 0 Å². The minimum absolute atomic E-state index is 0.460. The van der Waals surface area contributed by atoms with E-state index in [4.69, 9.17) is 10.5 Å². The molecule has 1 heterocycles. The summed E-state index contributed by atoms with van der Waals surface area (Å²) in [5, 5.41) is 0. The first kappa shape index (κ1) is 10.2. The van der Waals surface area contributed by atoms with Gasteiger partial charge >= 0.3 is 0 Å². The van der Waals surface area contributed by atoms with Crippen molar-refractivity contribution in [3.05, 3.63) is 11.6 Å². The van der Waals surface area contributed by atoms with Crippen LogP contribution in [-0.4, -0.2) is 19.3 Å². The number of rotatable bonds is 1. The van der Waals surface area contributed by atoms with Crippen LogP contribution in [0.2, 0.25) is 0 Å². The van der Waals surface area contributed by atoms with E-state index in [2.05, 4.69) is 6.08 Å². The summed E-state index contributed by atoms with van der Waals surface area (Å²) in [7, 11) is 0. The molecule has 1 aliphatic carbocycles. The minimum Gasteiger partial charge on any atom is -0.381 e. The van der Waals surface area contributed by atoms with Crippen molar-refractivity contribution >= 4 is 0 Å². The first-order valence-corrected chi connectivity index (χ1v) is 5.87. The predicted octanol–water partition coefficient (Wildman–Crippen LogP) is 2.24. The molecular weight excluding hydrogens is 174 g/mol. The van der Waals surface area contributed by atoms with Crippen LogP contribution in [0.25, 0.3) is 0 Å². The van der Waals surface area contributed by atoms with Crippen LogP contribution in [0.15, 0.2) is 11.6 Å². The van der Waals surface area contributed by atoms with E-state index in [1.807, 2.05) is 0 Å². The highest BCUT2D eigenvalue weighted by atomic mass is 16.5. The van der Waals surface area contributed by atoms with Crippen molar-refractivity contribution in [3.8, 4) is 0 Å². The van der Waals surface area contributed by atoms with Crippen LogP contribution in [-0.2, 0) is 4.74 Å². The van der Waals surface area contributed by atoms with Crippen LogP contribution in [0.1, 0.15) is 38.5 Å². The van der Waals surface area contributed by atoms with Gasteiger partial charge in [0.25, 0.3) is 0 Å². The third-order valence-electron chi connectivity index (χ3n) is 3.41. The lowest BCUT2D eigenvalue weighted by Crippen LogP contribution is -2.23. The Morgan fingerprint density at radius 3 is 2.36 bits per heavy atom. The lowest BCUT2D eigenvalue weighted by atomic mass is 9.87. The van der Waals surface area contributed by atoms with E-state index in [1.54, 1.807) is 5.57 Å². The summed E-state index contributed by atoms with van der Waals surface area (Å²) in [6.45, 7) is 1.90. The molecule has 0 amide bonds. The fraction of sp³-hybridized carbons (Fsp3) is 0.833. The number of allylic oxidation sites excluding steroid dienone is 2. The number of hydrogen-bond donors (Lipinski definition) is 1. The second-order valence-corrected chi connectivity index (χ2v) is 4.61. The Labute approximate surface area is 86.5 Å². The summed E-state index contributed by atoms with van der Waals surface area (Å²) < 4.78 is 5.36. The Kier molecular flexibility index (Phi) is 3.60. The lowest BCUT2D eigenvalue weighted by Gasteiger charge is -2.24. The smallest absolute Gasteiger partial charge is 0.0471 e. The number of hydrogen-bond acceptors (Lipinski definition) is 2. The molecule has 0 aromatic rings. The van der Waals surface area contributed by atoms with E-state index in [0.717, 1.165) is 19.1 Å². The van der Waals surface area contributed by atoms with E-state index in [0.29, 0.717) is 6.04 Å². The molecule has 0 unspecified atom stereocenters. The van der Waals surface area contributed by atoms with E-state index in [1.165, 1.54) is 38.5 Å². The van der Waals surface area contributed by atoms with Gasteiger partial charge in [0.05, 0.1) is 0 Å². The van der Waals surface area contributed by atoms with Crippen molar-refractivity contribution in [1.29, 1.82) is 0 Å². The van der Waals surface area contributed by atoms with Crippen molar-refractivity contribution in [2.24, 2.45) is 11.7 Å². The van der Waals surface area contributed by atoms with Gasteiger partial charge in [0.15, 0.2) is 0 Å². The largest absolute Gasteiger partial charge is 0.381 e. The zero-order valence-electron chi connectivity index (χ0n) is 8.87. The van der Waals surface area contributed by atoms with Crippen LogP contribution >= 0.6 is 0 Å². The highest BCUT2D eigenvalue weighted by Gasteiger charge is 2.16. The van der Waals surface area contributed by atoms with E-state index in [9.17, 15) is 0 Å². The fourth-order valence-electron chi connectivity index (χ4n) is 2.39. The van der Waals surface area contributed by atoms with Crippen LogP contribution in [0, 0.1) is 5.92 Å². The molecular formula is C12H21NO. The summed E-state index contributed by atoms with van der Waals surface area (Å²) in [4.78, 5) is 0. The predicted molar refractivity (Wildman–Crippen MR) is 58.1 cm³/mol. The van der Waals surface area contributed by atoms with Crippen LogP contribution in [0.5, 0.6) is 0 Å². The summed E-state index contributed by atoms with van der Waals surface area (Å²) in [6, 6.07) is 0.460. The molecule has 1 aliphatic heterocycles. The molecule has 0 radical (unpaired) electrons. The standard InChI is InChI=1S/C12H21NO/c13-12-3-1-10(2-4-12)9-11-5-7-14-8-6-11/h9,11-12H,1-8,13H2. The third kappa shape index (κ3) is 2.82. The first-order valence-electron chi connectivity index (χ1n) is 5.87. The quantitative estimate of drug-likeness (QED) is 0.651. The highest BCUT2D eigenvalue weighted by molar-refractivity contribution is 5.08. The van der Waals surface area contributed by atoms with E-state index in [-0.39, 0.29) is 0 Å². The molecule has 0 spiro atoms. The Balaban J connectivity index is 1.83. The molecule has 1 saturated carbocycles. The Morgan fingerprint density at radius 1 is 1.07 bits per heavy atom. The second-order valence-electron chi connectivity index (χ2n) is 4.61. The molecule has 0 aromatic carbocycles. The average Bonchev–Trinajstić information content (AvgIpc) is 2.23. The SMILES string of the molecule is NC1CCC(=CC2CCOCC2)CC1. The van der Waals surface area contributed by atoms with Gasteiger partial charge in [-0.25, -0.2) is 0 Å². The molecule has 2 nitrogen and oxygen atoms in total. The first-order chi connectivity index (χ1) is 6.84. The van der Waals surface area contributed by atoms with Crippen molar-refractivity contribution in [1.82, 2.24) is 0 Å². The summed E-state index contributed by atoms with van der Waals surface area (Å²) in [5.41, 5.74) is 7.53. The maximum Gasteiger partial charge on any atom is 0.0471 e. The van der Waals surface area contributed by atoms with Gasteiger partial charge in [-0.05, 0) is 44.4 Å². The van der Waals surface area contributed by atoms with Crippen LogP contribution < -0.4 is 5.73 Å². The van der Waals surface area contributed by atoms with Crippen molar-refractivity contribution < 1.29 is 4.74 Å². The molecule has 0 aromatic heterocycles. The minimum atomic E-state index is 0.460. The molecule has 0 bridgehead atoms. The third-order valence-corrected chi connectivity index (χ3v) is 3.41. The summed E-state index contributed by atoms with van der Waals surface area (Å²) >= 11 is 0. The van der Waals surface area contributed by atoms with Gasteiger partial charge in [-0.15, -0.1) is 0 Å². The zero-order valence-corrected chi connectivity index (χ0v) is 8.87. The van der Waals surface area contributed by atoms with Gasteiger partial charge in [0.1, 0.15) is 0 Å². The zero-order chi connectivity index (χ0) is 9.80. The Hall–Kier alpha value is -0.340. The highest BCUT2D eigenvalue weighted by Crippen LogP contribution is 2.26. The molecule has 2 heteroatoms. The van der Waals surface area contributed by atoms with Gasteiger partial charge in [0.2, 0.25) is 0 Å². The van der Waals surface area contributed by atoms with Crippen LogP contribution in [0.4, 0.5) is 0 Å². The van der Waals surface area contributed by atoms with E-state index >= 15 is 0 Å². The monoisotopic (exact) mass is 195 g/mol. The number of ether oxygens (including phenoxy) is 1. The maximum atomic E-state index is 5.88. The maximum absolute atomic E-state index is 5.88. The number of nitrogens with two attached hydrogens (primary N) is 1. The van der Waals surface area contributed by atoms with E-state index < -0.39 is 0 Å². The molecule has 2 fully saturated rings. The van der Waals surface area contributed by atoms with Gasteiger partial charge in [-0.2, -0.15) is 0 Å². The van der Waals surface area contributed by atoms with Crippen molar-refractivity contribution in [2.75, 3.05) is 13.2 Å². The molecule has 2 rings (SSSR count). The second kappa shape index (κ2) is 4.94. The van der Waals surface area contributed by atoms with Gasteiger partial charge in [-0.1, -0.05) is 11.6 Å². The molecule has 2 aliphatic rings. The molecule has 2 N–H and O–H groups in total. The average molecular weight is 195 g/mol. The Bertz CT molecular complexity index is 196. The molecule has 80 valence electrons. The van der Waals surface area contributed by atoms with Crippen molar-refractivity contribution in [2.45, 2.75) is 44.6 Å². The fourth-order valence-corrected chi connectivity index (χ4v) is 2.39. The topological polar surface area (TPSA) is 35.2 Å².